The Kier molecular flexibility index (Phi) is 5.65. The number of amides is 2. The Balaban J connectivity index is 2.61. The molecule has 104 valence electrons. The predicted octanol–water partition coefficient (Wildman–Crippen LogP) is 1.36. The van der Waals surface area contributed by atoms with Gasteiger partial charge in [-0.25, -0.2) is 9.59 Å². The minimum absolute atomic E-state index is 0.546. The zero-order valence-corrected chi connectivity index (χ0v) is 11.4. The number of carbonyl (C=O) groups is 2. The van der Waals surface area contributed by atoms with Crippen LogP contribution in [-0.2, 0) is 4.79 Å². The maximum absolute atomic E-state index is 11.6. The van der Waals surface area contributed by atoms with Crippen molar-refractivity contribution in [3.05, 3.63) is 24.3 Å². The number of carbonyl (C=O) groups excluding carboxylic acids is 1. The number of carboxylic acids is 1. The van der Waals surface area contributed by atoms with E-state index in [0.717, 1.165) is 4.90 Å². The van der Waals surface area contributed by atoms with E-state index in [-0.39, 0.29) is 0 Å². The first kappa shape index (κ1) is 15.3. The zero-order chi connectivity index (χ0) is 14.4. The number of benzene rings is 1. The van der Waals surface area contributed by atoms with Crippen molar-refractivity contribution >= 4 is 29.4 Å². The average molecular weight is 284 g/mol. The van der Waals surface area contributed by atoms with Crippen LogP contribution in [0, 0.1) is 0 Å². The molecule has 2 amide bonds. The van der Waals surface area contributed by atoms with Crippen molar-refractivity contribution in [1.29, 1.82) is 0 Å². The number of hydrogen-bond acceptors (Lipinski definition) is 4. The number of aliphatic carboxylic acids is 1. The van der Waals surface area contributed by atoms with E-state index in [1.54, 1.807) is 23.9 Å². The van der Waals surface area contributed by atoms with E-state index < -0.39 is 24.1 Å². The van der Waals surface area contributed by atoms with Crippen molar-refractivity contribution in [2.45, 2.75) is 24.0 Å². The minimum atomic E-state index is -1.34. The zero-order valence-electron chi connectivity index (χ0n) is 10.6. The molecule has 0 bridgehead atoms. The van der Waals surface area contributed by atoms with Crippen molar-refractivity contribution in [2.75, 3.05) is 11.6 Å². The normalized spacial score (nSPS) is 13.4. The van der Waals surface area contributed by atoms with Crippen LogP contribution in [0.15, 0.2) is 29.2 Å². The van der Waals surface area contributed by atoms with Crippen molar-refractivity contribution in [3.8, 4) is 0 Å². The standard InChI is InChI=1S/C12H16N2O4S/c1-7(15)10(11(16)17)14-12(18)13-8-3-5-9(19-2)6-4-8/h3-7,10,15H,1-2H3,(H,16,17)(H2,13,14,18)/t7-,10+/m1/s1. The molecule has 0 aliphatic rings. The molecule has 2 atom stereocenters. The highest BCUT2D eigenvalue weighted by Crippen LogP contribution is 2.17. The first-order valence-corrected chi connectivity index (χ1v) is 6.79. The summed E-state index contributed by atoms with van der Waals surface area (Å²) < 4.78 is 0. The highest BCUT2D eigenvalue weighted by atomic mass is 32.2. The monoisotopic (exact) mass is 284 g/mol. The summed E-state index contributed by atoms with van der Waals surface area (Å²) in [5.41, 5.74) is 0.546. The Morgan fingerprint density at radius 3 is 2.26 bits per heavy atom. The lowest BCUT2D eigenvalue weighted by Gasteiger charge is -2.17. The second-order valence-electron chi connectivity index (χ2n) is 3.88. The summed E-state index contributed by atoms with van der Waals surface area (Å²) in [7, 11) is 0. The van der Waals surface area contributed by atoms with Gasteiger partial charge in [-0.05, 0) is 37.4 Å². The molecule has 1 aromatic rings. The van der Waals surface area contributed by atoms with Gasteiger partial charge in [0.1, 0.15) is 0 Å². The molecule has 0 fully saturated rings. The van der Waals surface area contributed by atoms with Crippen LogP contribution in [0.1, 0.15) is 6.92 Å². The molecule has 1 aromatic carbocycles. The van der Waals surface area contributed by atoms with Crippen LogP contribution in [0.25, 0.3) is 0 Å². The Morgan fingerprint density at radius 2 is 1.84 bits per heavy atom. The molecular weight excluding hydrogens is 268 g/mol. The van der Waals surface area contributed by atoms with E-state index in [1.807, 2.05) is 18.4 Å². The summed E-state index contributed by atoms with van der Waals surface area (Å²) in [4.78, 5) is 23.4. The van der Waals surface area contributed by atoms with E-state index >= 15 is 0 Å². The van der Waals surface area contributed by atoms with Crippen LogP contribution in [0.3, 0.4) is 0 Å². The highest BCUT2D eigenvalue weighted by molar-refractivity contribution is 7.98. The third-order valence-corrected chi connectivity index (χ3v) is 3.13. The van der Waals surface area contributed by atoms with Crippen molar-refractivity contribution in [3.63, 3.8) is 0 Å². The van der Waals surface area contributed by atoms with Crippen molar-refractivity contribution in [1.82, 2.24) is 5.32 Å². The van der Waals surface area contributed by atoms with E-state index in [1.165, 1.54) is 6.92 Å². The molecular formula is C12H16N2O4S. The van der Waals surface area contributed by atoms with Gasteiger partial charge >= 0.3 is 12.0 Å². The van der Waals surface area contributed by atoms with E-state index in [4.69, 9.17) is 5.11 Å². The Hall–Kier alpha value is -1.73. The molecule has 7 heteroatoms. The number of nitrogens with one attached hydrogen (secondary N) is 2. The van der Waals surface area contributed by atoms with E-state index in [9.17, 15) is 14.7 Å². The predicted molar refractivity (Wildman–Crippen MR) is 73.5 cm³/mol. The molecule has 0 saturated carbocycles. The highest BCUT2D eigenvalue weighted by Gasteiger charge is 2.24. The number of rotatable bonds is 5. The fraction of sp³-hybridized carbons (Fsp3) is 0.333. The fourth-order valence-electron chi connectivity index (χ4n) is 1.37. The summed E-state index contributed by atoms with van der Waals surface area (Å²) >= 11 is 1.58. The fourth-order valence-corrected chi connectivity index (χ4v) is 1.78. The SMILES string of the molecule is CSc1ccc(NC(=O)N[C@H](C(=O)O)[C@@H](C)O)cc1. The molecule has 0 radical (unpaired) electrons. The number of aliphatic hydroxyl groups excluding tert-OH is 1. The van der Waals surface area contributed by atoms with Crippen LogP contribution in [0.4, 0.5) is 10.5 Å². The molecule has 0 heterocycles. The molecule has 0 aliphatic carbocycles. The minimum Gasteiger partial charge on any atom is -0.480 e. The first-order chi connectivity index (χ1) is 8.93. The van der Waals surface area contributed by atoms with Crippen LogP contribution in [-0.4, -0.2) is 40.6 Å². The molecule has 0 unspecified atom stereocenters. The Bertz CT molecular complexity index is 448. The largest absolute Gasteiger partial charge is 0.480 e. The molecule has 4 N–H and O–H groups in total. The maximum Gasteiger partial charge on any atom is 0.328 e. The van der Waals surface area contributed by atoms with Gasteiger partial charge in [0.15, 0.2) is 6.04 Å². The smallest absolute Gasteiger partial charge is 0.328 e. The van der Waals surface area contributed by atoms with Crippen molar-refractivity contribution < 1.29 is 19.8 Å². The van der Waals surface area contributed by atoms with Gasteiger partial charge in [0.05, 0.1) is 6.10 Å². The van der Waals surface area contributed by atoms with E-state index in [2.05, 4.69) is 10.6 Å². The number of carboxylic acid groups (broad SMARTS) is 1. The van der Waals surface area contributed by atoms with Gasteiger partial charge in [0.25, 0.3) is 0 Å². The summed E-state index contributed by atoms with van der Waals surface area (Å²) in [6.07, 6.45) is 0.761. The molecule has 0 aromatic heterocycles. The quantitative estimate of drug-likeness (QED) is 0.612. The molecule has 6 nitrogen and oxygen atoms in total. The van der Waals surface area contributed by atoms with Crippen LogP contribution >= 0.6 is 11.8 Å². The number of hydrogen-bond donors (Lipinski definition) is 4. The topological polar surface area (TPSA) is 98.7 Å². The number of aliphatic hydroxyl groups is 1. The summed E-state index contributed by atoms with van der Waals surface area (Å²) in [5, 5.41) is 22.7. The average Bonchev–Trinajstić information content (AvgIpc) is 2.36. The summed E-state index contributed by atoms with van der Waals surface area (Å²) in [5.74, 6) is -1.29. The van der Waals surface area contributed by atoms with Crippen LogP contribution in [0.2, 0.25) is 0 Å². The Labute approximate surface area is 115 Å². The molecule has 0 spiro atoms. The number of urea groups is 1. The first-order valence-electron chi connectivity index (χ1n) is 5.56. The van der Waals surface area contributed by atoms with Crippen LogP contribution < -0.4 is 10.6 Å². The Morgan fingerprint density at radius 1 is 1.26 bits per heavy atom. The van der Waals surface area contributed by atoms with Gasteiger partial charge in [-0.2, -0.15) is 0 Å². The number of anilines is 1. The van der Waals surface area contributed by atoms with Gasteiger partial charge in [-0.15, -0.1) is 11.8 Å². The van der Waals surface area contributed by atoms with Gasteiger partial charge in [-0.3, -0.25) is 0 Å². The molecule has 0 saturated heterocycles. The van der Waals surface area contributed by atoms with Gasteiger partial charge in [0, 0.05) is 10.6 Å². The lowest BCUT2D eigenvalue weighted by Crippen LogP contribution is -2.49. The molecule has 0 aliphatic heterocycles. The molecule has 19 heavy (non-hydrogen) atoms. The molecule has 1 rings (SSSR count). The number of thioether (sulfide) groups is 1. The lowest BCUT2D eigenvalue weighted by atomic mass is 10.2. The van der Waals surface area contributed by atoms with Gasteiger partial charge in [-0.1, -0.05) is 0 Å². The summed E-state index contributed by atoms with van der Waals surface area (Å²) in [6, 6.07) is 5.08. The van der Waals surface area contributed by atoms with Crippen molar-refractivity contribution in [2.24, 2.45) is 0 Å². The second kappa shape index (κ2) is 7.01. The third kappa shape index (κ3) is 4.80. The summed E-state index contributed by atoms with van der Waals surface area (Å²) in [6.45, 7) is 1.30. The van der Waals surface area contributed by atoms with Crippen LogP contribution in [0.5, 0.6) is 0 Å². The van der Waals surface area contributed by atoms with E-state index in [0.29, 0.717) is 5.69 Å². The lowest BCUT2D eigenvalue weighted by molar-refractivity contribution is -0.141. The third-order valence-electron chi connectivity index (χ3n) is 2.38. The maximum atomic E-state index is 11.6. The van der Waals surface area contributed by atoms with Gasteiger partial charge < -0.3 is 20.8 Å². The second-order valence-corrected chi connectivity index (χ2v) is 4.76. The van der Waals surface area contributed by atoms with Gasteiger partial charge in [0.2, 0.25) is 0 Å².